The van der Waals surface area contributed by atoms with E-state index < -0.39 is 4.92 Å². The molecule has 0 spiro atoms. The first-order valence-electron chi connectivity index (χ1n) is 8.35. The molecule has 0 saturated carbocycles. The zero-order chi connectivity index (χ0) is 20.2. The van der Waals surface area contributed by atoms with Gasteiger partial charge in [0, 0.05) is 24.5 Å². The Hall–Kier alpha value is -4.34. The monoisotopic (exact) mass is 391 g/mol. The molecule has 2 aromatic heterocycles. The maximum Gasteiger partial charge on any atom is 0.270 e. The summed E-state index contributed by atoms with van der Waals surface area (Å²) in [5.74, 6) is 1.75. The van der Waals surface area contributed by atoms with E-state index in [0.29, 0.717) is 22.9 Å². The summed E-state index contributed by atoms with van der Waals surface area (Å²) in [5, 5.41) is 15.1. The summed E-state index contributed by atoms with van der Waals surface area (Å²) in [6, 6.07) is 11.0. The van der Waals surface area contributed by atoms with Gasteiger partial charge in [-0.05, 0) is 30.3 Å². The van der Waals surface area contributed by atoms with Crippen LogP contribution in [0, 0.1) is 10.1 Å². The van der Waals surface area contributed by atoms with E-state index in [1.165, 1.54) is 36.8 Å². The zero-order valence-corrected chi connectivity index (χ0v) is 15.1. The first kappa shape index (κ1) is 18.0. The molecule has 4 rings (SSSR count). The largest absolute Gasteiger partial charge is 0.497 e. The van der Waals surface area contributed by atoms with Gasteiger partial charge in [0.2, 0.25) is 5.82 Å². The van der Waals surface area contributed by atoms with Gasteiger partial charge in [-0.1, -0.05) is 5.16 Å². The Kier molecular flexibility index (Phi) is 4.81. The standard InChI is InChI=1S/C19H13N5O5/c1-27-13-3-5-14(6-4-13)28-17-7-2-12(24(25)26)10-15(17)19-22-18(23-29-19)16-11-20-8-9-21-16/h2-11H,1H3. The number of nitro groups is 1. The number of hydrogen-bond acceptors (Lipinski definition) is 9. The third-order valence-corrected chi connectivity index (χ3v) is 3.91. The summed E-state index contributed by atoms with van der Waals surface area (Å²) in [7, 11) is 1.56. The molecular formula is C19H13N5O5. The van der Waals surface area contributed by atoms with Crippen LogP contribution in [0.4, 0.5) is 5.69 Å². The van der Waals surface area contributed by atoms with E-state index in [9.17, 15) is 10.1 Å². The average molecular weight is 391 g/mol. The number of nitro benzene ring substituents is 1. The van der Waals surface area contributed by atoms with E-state index in [0.717, 1.165) is 0 Å². The van der Waals surface area contributed by atoms with Gasteiger partial charge >= 0.3 is 0 Å². The highest BCUT2D eigenvalue weighted by atomic mass is 16.6. The van der Waals surface area contributed by atoms with Gasteiger partial charge in [-0.15, -0.1) is 0 Å². The lowest BCUT2D eigenvalue weighted by Gasteiger charge is -2.09. The predicted molar refractivity (Wildman–Crippen MR) is 100 cm³/mol. The number of methoxy groups -OCH3 is 1. The highest BCUT2D eigenvalue weighted by Crippen LogP contribution is 2.36. The van der Waals surface area contributed by atoms with Crippen LogP contribution in [0.5, 0.6) is 17.2 Å². The Morgan fingerprint density at radius 3 is 2.55 bits per heavy atom. The van der Waals surface area contributed by atoms with Gasteiger partial charge in [0.25, 0.3) is 11.6 Å². The van der Waals surface area contributed by atoms with Crippen LogP contribution in [-0.4, -0.2) is 32.1 Å². The Bertz CT molecular complexity index is 1150. The molecule has 0 amide bonds. The maximum absolute atomic E-state index is 11.2. The lowest BCUT2D eigenvalue weighted by molar-refractivity contribution is -0.384. The van der Waals surface area contributed by atoms with E-state index >= 15 is 0 Å². The van der Waals surface area contributed by atoms with Crippen LogP contribution in [-0.2, 0) is 0 Å². The molecule has 0 atom stereocenters. The minimum atomic E-state index is -0.513. The Morgan fingerprint density at radius 2 is 1.86 bits per heavy atom. The van der Waals surface area contributed by atoms with Crippen molar-refractivity contribution in [3.63, 3.8) is 0 Å². The summed E-state index contributed by atoms with van der Waals surface area (Å²) in [5.41, 5.74) is 0.546. The zero-order valence-electron chi connectivity index (χ0n) is 15.1. The summed E-state index contributed by atoms with van der Waals surface area (Å²) < 4.78 is 16.3. The molecular weight excluding hydrogens is 378 g/mol. The smallest absolute Gasteiger partial charge is 0.270 e. The van der Waals surface area contributed by atoms with Crippen molar-refractivity contribution < 1.29 is 18.9 Å². The van der Waals surface area contributed by atoms with Crippen molar-refractivity contribution in [1.82, 2.24) is 20.1 Å². The lowest BCUT2D eigenvalue weighted by Crippen LogP contribution is -1.93. The number of nitrogens with zero attached hydrogens (tertiary/aromatic N) is 5. The van der Waals surface area contributed by atoms with Gasteiger partial charge in [-0.3, -0.25) is 15.1 Å². The van der Waals surface area contributed by atoms with E-state index in [1.54, 1.807) is 31.4 Å². The second-order valence-electron chi connectivity index (χ2n) is 5.73. The molecule has 0 radical (unpaired) electrons. The summed E-state index contributed by atoms with van der Waals surface area (Å²) in [6.45, 7) is 0. The molecule has 0 aliphatic carbocycles. The maximum atomic E-state index is 11.2. The number of non-ortho nitro benzene ring substituents is 1. The molecule has 2 aromatic carbocycles. The fraction of sp³-hybridized carbons (Fsp3) is 0.0526. The van der Waals surface area contributed by atoms with Crippen LogP contribution in [0.2, 0.25) is 0 Å². The normalized spacial score (nSPS) is 10.5. The predicted octanol–water partition coefficient (Wildman–Crippen LogP) is 3.90. The van der Waals surface area contributed by atoms with Crippen molar-refractivity contribution in [2.75, 3.05) is 7.11 Å². The minimum absolute atomic E-state index is 0.0536. The topological polar surface area (TPSA) is 126 Å². The second kappa shape index (κ2) is 7.72. The Labute approximate surface area is 163 Å². The van der Waals surface area contributed by atoms with Crippen molar-refractivity contribution in [2.24, 2.45) is 0 Å². The van der Waals surface area contributed by atoms with Crippen LogP contribution in [0.25, 0.3) is 23.0 Å². The molecule has 10 nitrogen and oxygen atoms in total. The van der Waals surface area contributed by atoms with Crippen molar-refractivity contribution in [3.8, 4) is 40.2 Å². The minimum Gasteiger partial charge on any atom is -0.497 e. The first-order chi connectivity index (χ1) is 14.1. The third-order valence-electron chi connectivity index (χ3n) is 3.91. The second-order valence-corrected chi connectivity index (χ2v) is 5.73. The number of hydrogen-bond donors (Lipinski definition) is 0. The molecule has 0 unspecified atom stereocenters. The van der Waals surface area contributed by atoms with Crippen molar-refractivity contribution in [1.29, 1.82) is 0 Å². The molecule has 0 saturated heterocycles. The van der Waals surface area contributed by atoms with E-state index in [1.807, 2.05) is 0 Å². The average Bonchev–Trinajstić information content (AvgIpc) is 3.25. The summed E-state index contributed by atoms with van der Waals surface area (Å²) >= 11 is 0. The molecule has 2 heterocycles. The number of benzene rings is 2. The molecule has 4 aromatic rings. The number of ether oxygens (including phenoxy) is 2. The Morgan fingerprint density at radius 1 is 1.07 bits per heavy atom. The highest BCUT2D eigenvalue weighted by Gasteiger charge is 2.20. The van der Waals surface area contributed by atoms with Crippen LogP contribution in [0.1, 0.15) is 0 Å². The molecule has 29 heavy (non-hydrogen) atoms. The van der Waals surface area contributed by atoms with Crippen molar-refractivity contribution in [3.05, 3.63) is 71.2 Å². The van der Waals surface area contributed by atoms with E-state index in [-0.39, 0.29) is 23.0 Å². The molecule has 0 N–H and O–H groups in total. The SMILES string of the molecule is COc1ccc(Oc2ccc([N+](=O)[O-])cc2-c2nc(-c3cnccn3)no2)cc1. The Balaban J connectivity index is 1.73. The number of rotatable bonds is 6. The van der Waals surface area contributed by atoms with Crippen molar-refractivity contribution in [2.45, 2.75) is 0 Å². The number of aromatic nitrogens is 4. The third kappa shape index (κ3) is 3.86. The van der Waals surface area contributed by atoms with E-state index in [4.69, 9.17) is 14.0 Å². The molecule has 144 valence electrons. The molecule has 0 bridgehead atoms. The summed E-state index contributed by atoms with van der Waals surface area (Å²) in [4.78, 5) is 23.1. The molecule has 0 fully saturated rings. The van der Waals surface area contributed by atoms with Gasteiger partial charge in [0.1, 0.15) is 22.9 Å². The highest BCUT2D eigenvalue weighted by molar-refractivity contribution is 5.68. The van der Waals surface area contributed by atoms with Crippen molar-refractivity contribution >= 4 is 5.69 Å². The van der Waals surface area contributed by atoms with Crippen LogP contribution in [0.15, 0.2) is 65.6 Å². The fourth-order valence-electron chi connectivity index (χ4n) is 2.51. The molecule has 0 aliphatic rings. The lowest BCUT2D eigenvalue weighted by atomic mass is 10.1. The molecule has 10 heteroatoms. The van der Waals surface area contributed by atoms with Gasteiger partial charge in [0.15, 0.2) is 0 Å². The first-order valence-corrected chi connectivity index (χ1v) is 8.35. The molecule has 0 aliphatic heterocycles. The van der Waals surface area contributed by atoms with Crippen LogP contribution in [0.3, 0.4) is 0 Å². The quantitative estimate of drug-likeness (QED) is 0.355. The van der Waals surface area contributed by atoms with Gasteiger partial charge in [-0.2, -0.15) is 4.98 Å². The van der Waals surface area contributed by atoms with Gasteiger partial charge < -0.3 is 14.0 Å². The van der Waals surface area contributed by atoms with Gasteiger partial charge in [-0.25, -0.2) is 4.98 Å². The van der Waals surface area contributed by atoms with Crippen LogP contribution < -0.4 is 9.47 Å². The van der Waals surface area contributed by atoms with Crippen LogP contribution >= 0.6 is 0 Å². The summed E-state index contributed by atoms with van der Waals surface area (Å²) in [6.07, 6.45) is 4.50. The van der Waals surface area contributed by atoms with E-state index in [2.05, 4.69) is 20.1 Å². The van der Waals surface area contributed by atoms with Gasteiger partial charge in [0.05, 0.1) is 23.8 Å². The fourth-order valence-corrected chi connectivity index (χ4v) is 2.51.